The van der Waals surface area contributed by atoms with E-state index in [9.17, 15) is 22.4 Å². The number of carboxylic acids is 1. The zero-order valence-electron chi connectivity index (χ0n) is 12.8. The third kappa shape index (κ3) is 5.58. The molecule has 1 unspecified atom stereocenters. The zero-order valence-corrected chi connectivity index (χ0v) is 13.6. The lowest BCUT2D eigenvalue weighted by molar-refractivity contribution is -0.192. The lowest BCUT2D eigenvalue weighted by Gasteiger charge is -2.10. The van der Waals surface area contributed by atoms with Gasteiger partial charge in [0, 0.05) is 6.42 Å². The Morgan fingerprint density at radius 1 is 1.38 bits per heavy atom. The number of alkyl halides is 3. The van der Waals surface area contributed by atoms with Crippen molar-refractivity contribution in [2.75, 3.05) is 5.73 Å². The fourth-order valence-corrected chi connectivity index (χ4v) is 2.61. The molecule has 1 atom stereocenters. The Bertz CT molecular complexity index is 822. The summed E-state index contributed by atoms with van der Waals surface area (Å²) >= 11 is 1.17. The van der Waals surface area contributed by atoms with E-state index in [0.717, 1.165) is 0 Å². The van der Waals surface area contributed by atoms with Crippen molar-refractivity contribution >= 4 is 39.4 Å². The molecule has 26 heavy (non-hydrogen) atoms. The molecule has 0 aliphatic carbocycles. The van der Waals surface area contributed by atoms with Crippen LogP contribution in [0.5, 0.6) is 0 Å². The molecule has 2 rings (SSSR count). The molecular formula is C14H12F4N2O5S. The van der Waals surface area contributed by atoms with Gasteiger partial charge >= 0.3 is 18.3 Å². The van der Waals surface area contributed by atoms with Crippen LogP contribution in [0, 0.1) is 5.82 Å². The Labute approximate surface area is 147 Å². The summed E-state index contributed by atoms with van der Waals surface area (Å²) < 4.78 is 50.8. The van der Waals surface area contributed by atoms with Crippen LogP contribution >= 0.6 is 11.3 Å². The molecule has 0 fully saturated rings. The summed E-state index contributed by atoms with van der Waals surface area (Å²) in [6.07, 6.45) is -5.49. The first-order valence-corrected chi connectivity index (χ1v) is 7.44. The molecule has 2 aromatic rings. The molecule has 4 N–H and O–H groups in total. The highest BCUT2D eigenvalue weighted by Crippen LogP contribution is 2.33. The molecule has 142 valence electrons. The van der Waals surface area contributed by atoms with E-state index >= 15 is 0 Å². The molecule has 0 saturated carbocycles. The van der Waals surface area contributed by atoms with Crippen molar-refractivity contribution in [3.8, 4) is 0 Å². The van der Waals surface area contributed by atoms with Crippen molar-refractivity contribution in [3.63, 3.8) is 0 Å². The Balaban J connectivity index is 0.000000412. The number of nitrogens with two attached hydrogens (primary N) is 1. The number of aromatic nitrogens is 1. The topological polar surface area (TPSA) is 123 Å². The molecule has 1 heterocycles. The number of ether oxygens (including phenoxy) is 1. The van der Waals surface area contributed by atoms with Gasteiger partial charge in [-0.2, -0.15) is 13.2 Å². The first kappa shape index (κ1) is 21.2. The number of rotatable bonds is 4. The van der Waals surface area contributed by atoms with Gasteiger partial charge < -0.3 is 20.7 Å². The number of hydrogen-bond donors (Lipinski definition) is 3. The van der Waals surface area contributed by atoms with E-state index in [-0.39, 0.29) is 17.6 Å². The van der Waals surface area contributed by atoms with Crippen molar-refractivity contribution in [3.05, 3.63) is 35.6 Å². The highest BCUT2D eigenvalue weighted by Gasteiger charge is 2.38. The number of aliphatic carboxylic acids is 1. The molecule has 0 radical (unpaired) electrons. The van der Waals surface area contributed by atoms with Gasteiger partial charge in [-0.05, 0) is 12.1 Å². The summed E-state index contributed by atoms with van der Waals surface area (Å²) in [5.41, 5.74) is 5.59. The van der Waals surface area contributed by atoms with E-state index in [0.29, 0.717) is 9.71 Å². The minimum absolute atomic E-state index is 0.00349. The highest BCUT2D eigenvalue weighted by molar-refractivity contribution is 7.18. The van der Waals surface area contributed by atoms with Crippen molar-refractivity contribution in [1.29, 1.82) is 0 Å². The Morgan fingerprint density at radius 2 is 1.96 bits per heavy atom. The predicted octanol–water partition coefficient (Wildman–Crippen LogP) is 3.96. The summed E-state index contributed by atoms with van der Waals surface area (Å²) in [6, 6.07) is 3.08. The highest BCUT2D eigenvalue weighted by atomic mass is 32.1. The number of hydrogen-bond acceptors (Lipinski definition) is 6. The average Bonchev–Trinajstić information content (AvgIpc) is 2.95. The van der Waals surface area contributed by atoms with Crippen LogP contribution in [0.4, 0.5) is 28.0 Å². The van der Waals surface area contributed by atoms with Crippen molar-refractivity contribution in [2.45, 2.75) is 18.7 Å². The molecule has 12 heteroatoms. The third-order valence-electron chi connectivity index (χ3n) is 2.69. The number of benzene rings is 1. The first-order chi connectivity index (χ1) is 12.0. The van der Waals surface area contributed by atoms with Crippen LogP contribution in [-0.2, 0) is 9.53 Å². The largest absolute Gasteiger partial charge is 0.506 e. The second-order valence-electron chi connectivity index (χ2n) is 4.57. The van der Waals surface area contributed by atoms with Gasteiger partial charge in [-0.25, -0.2) is 19.0 Å². The Kier molecular flexibility index (Phi) is 6.89. The summed E-state index contributed by atoms with van der Waals surface area (Å²) in [7, 11) is 0. The quantitative estimate of drug-likeness (QED) is 0.309. The molecule has 0 aliphatic heterocycles. The van der Waals surface area contributed by atoms with Crippen LogP contribution in [0.1, 0.15) is 17.5 Å². The second-order valence-corrected chi connectivity index (χ2v) is 5.63. The number of anilines is 1. The maximum Gasteiger partial charge on any atom is 0.506 e. The van der Waals surface area contributed by atoms with Crippen molar-refractivity contribution in [2.24, 2.45) is 0 Å². The van der Waals surface area contributed by atoms with Gasteiger partial charge in [0.05, 0.1) is 10.4 Å². The fraction of sp³-hybridized carbons (Fsp3) is 0.214. The number of nitrogens with zero attached hydrogens (tertiary/aromatic N) is 1. The molecule has 0 saturated heterocycles. The van der Waals surface area contributed by atoms with Crippen molar-refractivity contribution in [1.82, 2.24) is 4.98 Å². The molecule has 1 aromatic carbocycles. The van der Waals surface area contributed by atoms with Crippen LogP contribution < -0.4 is 5.73 Å². The average molecular weight is 396 g/mol. The minimum atomic E-state index is -5.08. The standard InChI is InChI=1S/C12H11FN2O3S.C2HF3O2/c1-2-3-7(18-12(16)17)11-15-10-8(19-11)5-4-6(14)9(10)13;3-2(4,5)1(6)7/h2,4-5,7H,1,3,14H2,(H,16,17);(H,6,7). The Hall–Kier alpha value is -2.89. The van der Waals surface area contributed by atoms with Crippen LogP contribution in [0.3, 0.4) is 0 Å². The van der Waals surface area contributed by atoms with Gasteiger partial charge in [0.15, 0.2) is 11.9 Å². The second kappa shape index (κ2) is 8.47. The molecule has 1 aromatic heterocycles. The lowest BCUT2D eigenvalue weighted by atomic mass is 10.2. The summed E-state index contributed by atoms with van der Waals surface area (Å²) in [5, 5.41) is 16.2. The zero-order chi connectivity index (χ0) is 20.1. The minimum Gasteiger partial charge on any atom is -0.475 e. The van der Waals surface area contributed by atoms with E-state index in [1.54, 1.807) is 6.07 Å². The number of thiazole rings is 1. The maximum absolute atomic E-state index is 13.8. The number of fused-ring (bicyclic) bond motifs is 1. The van der Waals surface area contributed by atoms with Crippen LogP contribution in [0.15, 0.2) is 24.8 Å². The van der Waals surface area contributed by atoms with Gasteiger partial charge in [-0.3, -0.25) is 0 Å². The van der Waals surface area contributed by atoms with E-state index in [1.807, 2.05) is 0 Å². The summed E-state index contributed by atoms with van der Waals surface area (Å²) in [5.74, 6) is -3.36. The number of carboxylic acid groups (broad SMARTS) is 2. The SMILES string of the molecule is C=CCC(OC(=O)O)c1nc2c(F)c(N)ccc2s1.O=C(O)C(F)(F)F. The van der Waals surface area contributed by atoms with Gasteiger partial charge in [-0.1, -0.05) is 6.08 Å². The smallest absolute Gasteiger partial charge is 0.475 e. The summed E-state index contributed by atoms with van der Waals surface area (Å²) in [6.45, 7) is 3.53. The van der Waals surface area contributed by atoms with Gasteiger partial charge in [-0.15, -0.1) is 17.9 Å². The van der Waals surface area contributed by atoms with E-state index in [2.05, 4.69) is 11.6 Å². The molecule has 0 bridgehead atoms. The molecule has 7 nitrogen and oxygen atoms in total. The van der Waals surface area contributed by atoms with Gasteiger partial charge in [0.1, 0.15) is 10.5 Å². The first-order valence-electron chi connectivity index (χ1n) is 6.62. The van der Waals surface area contributed by atoms with Gasteiger partial charge in [0.2, 0.25) is 0 Å². The van der Waals surface area contributed by atoms with E-state index in [1.165, 1.54) is 23.5 Å². The number of halogens is 4. The predicted molar refractivity (Wildman–Crippen MR) is 84.3 cm³/mol. The number of nitrogen functional groups attached to an aromatic ring is 1. The van der Waals surface area contributed by atoms with E-state index < -0.39 is 30.2 Å². The molecule has 0 spiro atoms. The van der Waals surface area contributed by atoms with Crippen molar-refractivity contribution < 1.29 is 42.1 Å². The normalized spacial score (nSPS) is 12.0. The molecule has 0 aliphatic rings. The molecular weight excluding hydrogens is 384 g/mol. The fourth-order valence-electron chi connectivity index (χ4n) is 1.60. The third-order valence-corrected chi connectivity index (χ3v) is 3.80. The van der Waals surface area contributed by atoms with Gasteiger partial charge in [0.25, 0.3) is 0 Å². The monoisotopic (exact) mass is 396 g/mol. The number of carbonyl (C=O) groups is 2. The lowest BCUT2D eigenvalue weighted by Crippen LogP contribution is -2.21. The van der Waals surface area contributed by atoms with Crippen LogP contribution in [0.25, 0.3) is 10.2 Å². The molecule has 0 amide bonds. The summed E-state index contributed by atoms with van der Waals surface area (Å²) in [4.78, 5) is 23.6. The van der Waals surface area contributed by atoms with Crippen LogP contribution in [0.2, 0.25) is 0 Å². The van der Waals surface area contributed by atoms with Crippen LogP contribution in [-0.4, -0.2) is 33.5 Å². The van der Waals surface area contributed by atoms with E-state index in [4.69, 9.17) is 25.5 Å². The maximum atomic E-state index is 13.8. The Morgan fingerprint density at radius 3 is 2.42 bits per heavy atom.